The van der Waals surface area contributed by atoms with Crippen LogP contribution < -0.4 is 9.47 Å². The molecule has 0 heterocycles. The Bertz CT molecular complexity index is 994. The Morgan fingerprint density at radius 3 is 2.13 bits per heavy atom. The molecule has 3 nitrogen and oxygen atoms in total. The molecule has 0 amide bonds. The number of aldehydes is 1. The Morgan fingerprint density at radius 1 is 0.871 bits per heavy atom. The third kappa shape index (κ3) is 6.60. The molecule has 0 fully saturated rings. The van der Waals surface area contributed by atoms with E-state index in [1.54, 1.807) is 18.2 Å². The number of halogens is 3. The lowest BCUT2D eigenvalue weighted by Gasteiger charge is -2.12. The van der Waals surface area contributed by atoms with Gasteiger partial charge in [0.1, 0.15) is 18.1 Å². The molecule has 0 saturated heterocycles. The number of aryl methyl sites for hydroxylation is 1. The van der Waals surface area contributed by atoms with Crippen molar-refractivity contribution >= 4 is 6.29 Å². The molecule has 0 unspecified atom stereocenters. The third-order valence-electron chi connectivity index (χ3n) is 4.79. The topological polar surface area (TPSA) is 35.5 Å². The van der Waals surface area contributed by atoms with Crippen LogP contribution in [0.3, 0.4) is 0 Å². The van der Waals surface area contributed by atoms with Gasteiger partial charge in [-0.3, -0.25) is 4.79 Å². The van der Waals surface area contributed by atoms with Crippen LogP contribution in [-0.2, 0) is 13.0 Å². The molecule has 0 aromatic heterocycles. The van der Waals surface area contributed by atoms with Gasteiger partial charge in [-0.2, -0.15) is 0 Å². The monoisotopic (exact) mass is 428 g/mol. The van der Waals surface area contributed by atoms with Crippen molar-refractivity contribution < 1.29 is 27.4 Å². The van der Waals surface area contributed by atoms with E-state index in [1.807, 2.05) is 12.1 Å². The van der Waals surface area contributed by atoms with Crippen LogP contribution in [0.15, 0.2) is 66.7 Å². The van der Waals surface area contributed by atoms with E-state index < -0.39 is 6.36 Å². The first-order valence-corrected chi connectivity index (χ1v) is 10.0. The van der Waals surface area contributed by atoms with Gasteiger partial charge in [0.05, 0.1) is 5.56 Å². The third-order valence-corrected chi connectivity index (χ3v) is 4.79. The number of hydrogen-bond donors (Lipinski definition) is 0. The minimum atomic E-state index is -4.74. The van der Waals surface area contributed by atoms with Crippen molar-refractivity contribution in [3.05, 3.63) is 83.4 Å². The van der Waals surface area contributed by atoms with Crippen molar-refractivity contribution in [2.45, 2.75) is 39.2 Å². The van der Waals surface area contributed by atoms with Crippen molar-refractivity contribution in [2.75, 3.05) is 0 Å². The van der Waals surface area contributed by atoms with Gasteiger partial charge in [0.2, 0.25) is 0 Å². The average molecular weight is 428 g/mol. The summed E-state index contributed by atoms with van der Waals surface area (Å²) in [6.07, 6.45) is -0.670. The maximum absolute atomic E-state index is 12.3. The van der Waals surface area contributed by atoms with Crippen LogP contribution in [0.5, 0.6) is 11.5 Å². The zero-order valence-electron chi connectivity index (χ0n) is 17.1. The summed E-state index contributed by atoms with van der Waals surface area (Å²) in [5, 5.41) is 0. The minimum Gasteiger partial charge on any atom is -0.488 e. The molecule has 0 aliphatic rings. The zero-order valence-corrected chi connectivity index (χ0v) is 17.1. The molecule has 0 aliphatic carbocycles. The Kier molecular flexibility index (Phi) is 7.34. The second-order valence-electron chi connectivity index (χ2n) is 7.15. The molecule has 0 atom stereocenters. The van der Waals surface area contributed by atoms with Gasteiger partial charge in [-0.25, -0.2) is 0 Å². The minimum absolute atomic E-state index is 0.299. The molecular weight excluding hydrogens is 405 g/mol. The molecule has 0 radical (unpaired) electrons. The SMILES string of the molecule is CCCCc1ccc(COc2ccc(-c3ccc(OC(F)(F)F)cc3)cc2C=O)cc1. The zero-order chi connectivity index (χ0) is 22.3. The maximum atomic E-state index is 12.3. The highest BCUT2D eigenvalue weighted by Crippen LogP contribution is 2.29. The lowest BCUT2D eigenvalue weighted by molar-refractivity contribution is -0.274. The molecule has 31 heavy (non-hydrogen) atoms. The molecule has 0 saturated carbocycles. The van der Waals surface area contributed by atoms with E-state index in [4.69, 9.17) is 4.74 Å². The van der Waals surface area contributed by atoms with Gasteiger partial charge in [0.25, 0.3) is 0 Å². The van der Waals surface area contributed by atoms with Gasteiger partial charge in [0.15, 0.2) is 6.29 Å². The summed E-state index contributed by atoms with van der Waals surface area (Å²) in [6, 6.07) is 18.8. The van der Waals surface area contributed by atoms with E-state index in [-0.39, 0.29) is 5.75 Å². The predicted molar refractivity (Wildman–Crippen MR) is 113 cm³/mol. The van der Waals surface area contributed by atoms with Gasteiger partial charge >= 0.3 is 6.36 Å². The number of rotatable bonds is 9. The van der Waals surface area contributed by atoms with Gasteiger partial charge in [0, 0.05) is 0 Å². The van der Waals surface area contributed by atoms with Crippen molar-refractivity contribution in [2.24, 2.45) is 0 Å². The van der Waals surface area contributed by atoms with Crippen molar-refractivity contribution in [3.8, 4) is 22.6 Å². The Hall–Kier alpha value is -3.28. The molecule has 3 aromatic rings. The summed E-state index contributed by atoms with van der Waals surface area (Å²) in [6.45, 7) is 2.49. The first-order valence-electron chi connectivity index (χ1n) is 10.0. The smallest absolute Gasteiger partial charge is 0.488 e. The number of carbonyl (C=O) groups is 1. The van der Waals surface area contributed by atoms with Crippen LogP contribution in [0.2, 0.25) is 0 Å². The molecule has 0 bridgehead atoms. The summed E-state index contributed by atoms with van der Waals surface area (Å²) in [4.78, 5) is 11.6. The lowest BCUT2D eigenvalue weighted by atomic mass is 10.0. The van der Waals surface area contributed by atoms with Gasteiger partial charge in [-0.1, -0.05) is 55.8 Å². The standard InChI is InChI=1S/C25H23F3O3/c1-2-3-4-18-5-7-19(8-6-18)17-30-24-14-11-21(15-22(24)16-29)20-9-12-23(13-10-20)31-25(26,27)28/h5-16H,2-4,17H2,1H3. The number of carbonyl (C=O) groups excluding carboxylic acids is 1. The first-order chi connectivity index (χ1) is 14.9. The second kappa shape index (κ2) is 10.2. The van der Waals surface area contributed by atoms with Crippen LogP contribution in [0.25, 0.3) is 11.1 Å². The van der Waals surface area contributed by atoms with E-state index in [1.165, 1.54) is 29.8 Å². The maximum Gasteiger partial charge on any atom is 0.573 e. The fourth-order valence-electron chi connectivity index (χ4n) is 3.14. The quantitative estimate of drug-likeness (QED) is 0.345. The highest BCUT2D eigenvalue weighted by atomic mass is 19.4. The highest BCUT2D eigenvalue weighted by molar-refractivity contribution is 5.83. The Balaban J connectivity index is 1.68. The number of alkyl halides is 3. The van der Waals surface area contributed by atoms with Gasteiger partial charge in [-0.15, -0.1) is 13.2 Å². The summed E-state index contributed by atoms with van der Waals surface area (Å²) in [7, 11) is 0. The van der Waals surface area contributed by atoms with Crippen LogP contribution >= 0.6 is 0 Å². The second-order valence-corrected chi connectivity index (χ2v) is 7.15. The summed E-state index contributed by atoms with van der Waals surface area (Å²) >= 11 is 0. The van der Waals surface area contributed by atoms with Gasteiger partial charge < -0.3 is 9.47 Å². The Labute approximate surface area is 179 Å². The van der Waals surface area contributed by atoms with Crippen LogP contribution in [0.4, 0.5) is 13.2 Å². The average Bonchev–Trinajstić information content (AvgIpc) is 2.76. The van der Waals surface area contributed by atoms with Gasteiger partial charge in [-0.05, 0) is 59.4 Å². The summed E-state index contributed by atoms with van der Waals surface area (Å²) in [5.41, 5.74) is 4.00. The summed E-state index contributed by atoms with van der Waals surface area (Å²) in [5.74, 6) is 0.151. The largest absolute Gasteiger partial charge is 0.573 e. The fraction of sp³-hybridized carbons (Fsp3) is 0.240. The number of benzene rings is 3. The molecule has 0 aliphatic heterocycles. The predicted octanol–water partition coefficient (Wildman–Crippen LogP) is 6.99. The Morgan fingerprint density at radius 2 is 1.52 bits per heavy atom. The lowest BCUT2D eigenvalue weighted by Crippen LogP contribution is -2.16. The molecule has 0 N–H and O–H groups in total. The number of unbranched alkanes of at least 4 members (excludes halogenated alkanes) is 1. The van der Waals surface area contributed by atoms with E-state index in [2.05, 4.69) is 23.8 Å². The molecule has 3 aromatic carbocycles. The van der Waals surface area contributed by atoms with E-state index in [9.17, 15) is 18.0 Å². The number of ether oxygens (including phenoxy) is 2. The van der Waals surface area contributed by atoms with E-state index in [0.29, 0.717) is 35.3 Å². The van der Waals surface area contributed by atoms with Crippen LogP contribution in [0, 0.1) is 0 Å². The summed E-state index contributed by atoms with van der Waals surface area (Å²) < 4.78 is 46.6. The first kappa shape index (κ1) is 22.4. The molecular formula is C25H23F3O3. The molecule has 3 rings (SSSR count). The van der Waals surface area contributed by atoms with E-state index >= 15 is 0 Å². The fourth-order valence-corrected chi connectivity index (χ4v) is 3.14. The molecule has 6 heteroatoms. The van der Waals surface area contributed by atoms with Crippen molar-refractivity contribution in [1.82, 2.24) is 0 Å². The van der Waals surface area contributed by atoms with Crippen molar-refractivity contribution in [3.63, 3.8) is 0 Å². The molecule has 0 spiro atoms. The van der Waals surface area contributed by atoms with Crippen molar-refractivity contribution in [1.29, 1.82) is 0 Å². The molecule has 162 valence electrons. The van der Waals surface area contributed by atoms with Crippen LogP contribution in [-0.4, -0.2) is 12.6 Å². The highest BCUT2D eigenvalue weighted by Gasteiger charge is 2.30. The van der Waals surface area contributed by atoms with E-state index in [0.717, 1.165) is 24.8 Å². The number of hydrogen-bond acceptors (Lipinski definition) is 3. The normalized spacial score (nSPS) is 11.2. The van der Waals surface area contributed by atoms with Crippen LogP contribution in [0.1, 0.15) is 41.3 Å².